The van der Waals surface area contributed by atoms with Gasteiger partial charge >= 0.3 is 5.85 Å². The number of halogens is 3. The maximum Gasteiger partial charge on any atom is 0.408 e. The highest BCUT2D eigenvalue weighted by atomic mass is 127. The number of para-hydroxylation sites is 1. The third-order valence-corrected chi connectivity index (χ3v) is 4.80. The molecule has 0 N–H and O–H groups in total. The van der Waals surface area contributed by atoms with Gasteiger partial charge in [0.25, 0.3) is 0 Å². The number of benzene rings is 1. The Labute approximate surface area is 151 Å². The van der Waals surface area contributed by atoms with E-state index in [0.717, 1.165) is 16.0 Å². The van der Waals surface area contributed by atoms with E-state index in [4.69, 9.17) is 4.74 Å². The van der Waals surface area contributed by atoms with Gasteiger partial charge in [0.1, 0.15) is 12.1 Å². The molecule has 4 nitrogen and oxygen atoms in total. The zero-order valence-electron chi connectivity index (χ0n) is 11.6. The largest absolute Gasteiger partial charge is 0.430 e. The van der Waals surface area contributed by atoms with Crippen LogP contribution in [-0.2, 0) is 6.54 Å². The summed E-state index contributed by atoms with van der Waals surface area (Å²) in [4.78, 5) is 8.50. The van der Waals surface area contributed by atoms with Gasteiger partial charge in [0.05, 0.1) is 39.6 Å². The molecule has 0 aliphatic rings. The van der Waals surface area contributed by atoms with Gasteiger partial charge in [-0.25, -0.2) is 9.97 Å². The van der Waals surface area contributed by atoms with Crippen LogP contribution in [0, 0.1) is 0 Å². The first-order valence-corrected chi connectivity index (χ1v) is 8.91. The molecule has 120 valence electrons. The van der Waals surface area contributed by atoms with Gasteiger partial charge in [0.2, 0.25) is 0 Å². The van der Waals surface area contributed by atoms with Gasteiger partial charge < -0.3 is 4.74 Å². The number of hydrogen-bond acceptors (Lipinski definition) is 5. The maximum atomic E-state index is 13.1. The highest BCUT2D eigenvalue weighted by molar-refractivity contribution is 14.1. The van der Waals surface area contributed by atoms with Crippen LogP contribution in [0.3, 0.4) is 0 Å². The first-order chi connectivity index (χ1) is 10.9. The third-order valence-electron chi connectivity index (χ3n) is 2.98. The summed E-state index contributed by atoms with van der Waals surface area (Å²) in [6.07, 6.45) is 1.50. The van der Waals surface area contributed by atoms with Crippen molar-refractivity contribution >= 4 is 59.5 Å². The molecule has 1 atom stereocenters. The predicted molar refractivity (Wildman–Crippen MR) is 99.3 cm³/mol. The van der Waals surface area contributed by atoms with Crippen molar-refractivity contribution in [3.8, 4) is 5.75 Å². The molecular weight excluding hydrogens is 454 g/mol. The number of rotatable bonds is 5. The van der Waals surface area contributed by atoms with Gasteiger partial charge in [-0.1, -0.05) is 18.2 Å². The molecular formula is C14H11F2IN3OPS. The van der Waals surface area contributed by atoms with E-state index in [9.17, 15) is 8.78 Å². The average Bonchev–Trinajstić information content (AvgIpc) is 2.96. The number of thiophene rings is 1. The number of ether oxygens (including phenoxy) is 1. The molecule has 3 rings (SSSR count). The van der Waals surface area contributed by atoms with Crippen molar-refractivity contribution in [3.63, 3.8) is 0 Å². The normalized spacial score (nSPS) is 11.7. The zero-order valence-corrected chi connectivity index (χ0v) is 15.7. The summed E-state index contributed by atoms with van der Waals surface area (Å²) in [6, 6.07) is 8.65. The molecule has 0 spiro atoms. The fraction of sp³-hybridized carbons (Fsp3) is 0.143. The van der Waals surface area contributed by atoms with Crippen molar-refractivity contribution in [1.82, 2.24) is 9.97 Å². The molecule has 0 fully saturated rings. The Balaban J connectivity index is 1.89. The SMILES string of the molecule is FC(F)(P)Oc1ccccc1CN(I)c1ncnc2ccsc12. The summed E-state index contributed by atoms with van der Waals surface area (Å²) in [5, 5.41) is 1.94. The summed E-state index contributed by atoms with van der Waals surface area (Å²) in [6.45, 7) is 0.376. The second-order valence-electron chi connectivity index (χ2n) is 4.62. The van der Waals surface area contributed by atoms with Crippen LogP contribution in [0.15, 0.2) is 42.0 Å². The topological polar surface area (TPSA) is 38.2 Å². The molecule has 2 heterocycles. The van der Waals surface area contributed by atoms with Gasteiger partial charge in [-0.05, 0) is 26.8 Å². The van der Waals surface area contributed by atoms with E-state index in [1.165, 1.54) is 21.6 Å². The highest BCUT2D eigenvalue weighted by Crippen LogP contribution is 2.34. The summed E-state index contributed by atoms with van der Waals surface area (Å²) >= 11 is 3.65. The first-order valence-electron chi connectivity index (χ1n) is 6.49. The predicted octanol–water partition coefficient (Wildman–Crippen LogP) is 4.85. The molecule has 0 amide bonds. The second-order valence-corrected chi connectivity index (χ2v) is 7.38. The van der Waals surface area contributed by atoms with E-state index in [1.54, 1.807) is 29.5 Å². The molecule has 0 saturated heterocycles. The molecule has 0 aliphatic heterocycles. The van der Waals surface area contributed by atoms with Crippen LogP contribution in [-0.4, -0.2) is 15.8 Å². The van der Waals surface area contributed by atoms with E-state index < -0.39 is 5.85 Å². The Morgan fingerprint density at radius 3 is 2.83 bits per heavy atom. The van der Waals surface area contributed by atoms with Crippen molar-refractivity contribution in [2.45, 2.75) is 12.4 Å². The molecule has 23 heavy (non-hydrogen) atoms. The lowest BCUT2D eigenvalue weighted by Crippen LogP contribution is -2.18. The van der Waals surface area contributed by atoms with Crippen molar-refractivity contribution in [2.75, 3.05) is 3.11 Å². The monoisotopic (exact) mass is 465 g/mol. The third kappa shape index (κ3) is 4.05. The minimum absolute atomic E-state index is 0.144. The molecule has 1 aromatic carbocycles. The molecule has 0 bridgehead atoms. The Hall–Kier alpha value is -1.12. The quantitative estimate of drug-likeness (QED) is 0.307. The van der Waals surface area contributed by atoms with E-state index in [1.807, 2.05) is 14.6 Å². The maximum absolute atomic E-state index is 13.1. The Bertz CT molecular complexity index is 827. The zero-order chi connectivity index (χ0) is 16.4. The summed E-state index contributed by atoms with van der Waals surface area (Å²) in [5.41, 5.74) is 1.51. The average molecular weight is 465 g/mol. The number of aromatic nitrogens is 2. The van der Waals surface area contributed by atoms with E-state index in [2.05, 4.69) is 32.8 Å². The van der Waals surface area contributed by atoms with Crippen molar-refractivity contribution < 1.29 is 13.5 Å². The molecule has 0 aliphatic carbocycles. The van der Waals surface area contributed by atoms with Gasteiger partial charge in [0, 0.05) is 5.56 Å². The lowest BCUT2D eigenvalue weighted by molar-refractivity contribution is -0.0897. The minimum Gasteiger partial charge on any atom is -0.430 e. The van der Waals surface area contributed by atoms with Gasteiger partial charge in [-0.2, -0.15) is 8.78 Å². The summed E-state index contributed by atoms with van der Waals surface area (Å²) in [7, 11) is 1.38. The second kappa shape index (κ2) is 6.78. The Kier molecular flexibility index (Phi) is 4.93. The highest BCUT2D eigenvalue weighted by Gasteiger charge is 2.25. The van der Waals surface area contributed by atoms with Gasteiger partial charge in [-0.3, -0.25) is 3.11 Å². The van der Waals surface area contributed by atoms with Crippen LogP contribution in [0.5, 0.6) is 5.75 Å². The van der Waals surface area contributed by atoms with Crippen LogP contribution in [0.1, 0.15) is 5.56 Å². The van der Waals surface area contributed by atoms with Gasteiger partial charge in [-0.15, -0.1) is 11.3 Å². The molecule has 1 unspecified atom stereocenters. The van der Waals surface area contributed by atoms with Crippen molar-refractivity contribution in [3.05, 3.63) is 47.6 Å². The Morgan fingerprint density at radius 1 is 1.26 bits per heavy atom. The number of alkyl halides is 2. The standard InChI is InChI=1S/C14H11F2IN3OPS/c15-14(16,22)21-11-4-2-1-3-9(11)7-20(17)13-12-10(5-6-23-12)18-8-19-13/h1-6,8H,7,22H2. The van der Waals surface area contributed by atoms with Crippen LogP contribution in [0.2, 0.25) is 0 Å². The number of anilines is 1. The number of hydrogen-bond donors (Lipinski definition) is 0. The van der Waals surface area contributed by atoms with Crippen LogP contribution in [0.4, 0.5) is 14.6 Å². The van der Waals surface area contributed by atoms with Gasteiger partial charge in [0.15, 0.2) is 5.82 Å². The summed E-state index contributed by atoms with van der Waals surface area (Å²) < 4.78 is 33.8. The van der Waals surface area contributed by atoms with Crippen molar-refractivity contribution in [2.24, 2.45) is 0 Å². The van der Waals surface area contributed by atoms with Crippen molar-refractivity contribution in [1.29, 1.82) is 0 Å². The first kappa shape index (κ1) is 16.7. The van der Waals surface area contributed by atoms with E-state index in [-0.39, 0.29) is 5.75 Å². The smallest absolute Gasteiger partial charge is 0.408 e. The molecule has 9 heteroatoms. The number of nitrogens with zero attached hydrogens (tertiary/aromatic N) is 3. The van der Waals surface area contributed by atoms with Crippen LogP contribution >= 0.6 is 43.4 Å². The summed E-state index contributed by atoms with van der Waals surface area (Å²) in [5.74, 6) is -2.41. The lowest BCUT2D eigenvalue weighted by Gasteiger charge is -2.20. The molecule has 0 saturated carbocycles. The minimum atomic E-state index is -3.30. The fourth-order valence-corrected chi connectivity index (χ4v) is 3.92. The van der Waals surface area contributed by atoms with E-state index >= 15 is 0 Å². The molecule has 2 aromatic heterocycles. The van der Waals surface area contributed by atoms with Crippen LogP contribution in [0.25, 0.3) is 10.2 Å². The lowest BCUT2D eigenvalue weighted by atomic mass is 10.2. The fourth-order valence-electron chi connectivity index (χ4n) is 2.05. The number of fused-ring (bicyclic) bond motifs is 1. The molecule has 0 radical (unpaired) electrons. The van der Waals surface area contributed by atoms with Crippen LogP contribution < -0.4 is 7.85 Å². The van der Waals surface area contributed by atoms with E-state index in [0.29, 0.717) is 12.1 Å². The Morgan fingerprint density at radius 2 is 2.04 bits per heavy atom. The molecule has 3 aromatic rings.